The SMILES string of the molecule is OCC(Nc1ccccc1Br)c1ccc(F)c(Cl)c1. The van der Waals surface area contributed by atoms with E-state index in [9.17, 15) is 9.50 Å². The number of nitrogens with one attached hydrogen (secondary N) is 1. The smallest absolute Gasteiger partial charge is 0.141 e. The zero-order chi connectivity index (χ0) is 13.8. The molecule has 1 atom stereocenters. The Bertz CT molecular complexity index is 579. The van der Waals surface area contributed by atoms with Gasteiger partial charge in [0.25, 0.3) is 0 Å². The first-order valence-corrected chi connectivity index (χ1v) is 6.86. The highest BCUT2D eigenvalue weighted by Gasteiger charge is 2.13. The van der Waals surface area contributed by atoms with Crippen LogP contribution in [0.4, 0.5) is 10.1 Å². The molecule has 19 heavy (non-hydrogen) atoms. The number of aliphatic hydroxyl groups excluding tert-OH is 1. The lowest BCUT2D eigenvalue weighted by molar-refractivity contribution is 0.276. The van der Waals surface area contributed by atoms with E-state index in [0.29, 0.717) is 0 Å². The molecule has 0 spiro atoms. The molecule has 2 rings (SSSR count). The maximum atomic E-state index is 13.1. The molecule has 0 aliphatic carbocycles. The van der Waals surface area contributed by atoms with Gasteiger partial charge in [-0.25, -0.2) is 4.39 Å². The molecule has 0 fully saturated rings. The van der Waals surface area contributed by atoms with Gasteiger partial charge in [0, 0.05) is 10.2 Å². The van der Waals surface area contributed by atoms with Crippen LogP contribution in [-0.2, 0) is 0 Å². The molecule has 100 valence electrons. The molecule has 0 radical (unpaired) electrons. The molecule has 0 saturated heterocycles. The third-order valence-corrected chi connectivity index (χ3v) is 3.71. The van der Waals surface area contributed by atoms with Crippen molar-refractivity contribution in [2.45, 2.75) is 6.04 Å². The van der Waals surface area contributed by atoms with Crippen LogP contribution in [0.15, 0.2) is 46.9 Å². The molecular formula is C14H12BrClFNO. The second kappa shape index (κ2) is 6.37. The van der Waals surface area contributed by atoms with E-state index < -0.39 is 5.82 Å². The summed E-state index contributed by atoms with van der Waals surface area (Å²) in [4.78, 5) is 0. The van der Waals surface area contributed by atoms with Crippen molar-refractivity contribution < 1.29 is 9.50 Å². The summed E-state index contributed by atoms with van der Waals surface area (Å²) in [6, 6.07) is 11.6. The lowest BCUT2D eigenvalue weighted by atomic mass is 10.1. The van der Waals surface area contributed by atoms with Crippen LogP contribution >= 0.6 is 27.5 Å². The van der Waals surface area contributed by atoms with E-state index in [4.69, 9.17) is 11.6 Å². The third-order valence-electron chi connectivity index (χ3n) is 2.73. The molecule has 0 heterocycles. The van der Waals surface area contributed by atoms with Crippen molar-refractivity contribution in [3.63, 3.8) is 0 Å². The maximum absolute atomic E-state index is 13.1. The summed E-state index contributed by atoms with van der Waals surface area (Å²) in [5.41, 5.74) is 1.58. The van der Waals surface area contributed by atoms with Crippen LogP contribution in [0.2, 0.25) is 5.02 Å². The quantitative estimate of drug-likeness (QED) is 0.862. The molecule has 2 N–H and O–H groups in total. The number of halogens is 3. The average molecular weight is 345 g/mol. The lowest BCUT2D eigenvalue weighted by Gasteiger charge is -2.19. The first-order chi connectivity index (χ1) is 9.11. The summed E-state index contributed by atoms with van der Waals surface area (Å²) in [7, 11) is 0. The van der Waals surface area contributed by atoms with Crippen LogP contribution in [-0.4, -0.2) is 11.7 Å². The topological polar surface area (TPSA) is 32.3 Å². The monoisotopic (exact) mass is 343 g/mol. The molecule has 0 saturated carbocycles. The molecule has 0 bridgehead atoms. The van der Waals surface area contributed by atoms with Gasteiger partial charge in [0.1, 0.15) is 5.82 Å². The van der Waals surface area contributed by atoms with Gasteiger partial charge in [-0.3, -0.25) is 0 Å². The van der Waals surface area contributed by atoms with E-state index >= 15 is 0 Å². The van der Waals surface area contributed by atoms with E-state index in [0.717, 1.165) is 15.7 Å². The van der Waals surface area contributed by atoms with Gasteiger partial charge in [0.05, 0.1) is 17.7 Å². The predicted octanol–water partition coefficient (Wildman–Crippen LogP) is 4.39. The highest BCUT2D eigenvalue weighted by Crippen LogP contribution is 2.27. The molecule has 0 aromatic heterocycles. The number of anilines is 1. The van der Waals surface area contributed by atoms with Crippen molar-refractivity contribution in [1.29, 1.82) is 0 Å². The van der Waals surface area contributed by atoms with Crippen LogP contribution in [0.25, 0.3) is 0 Å². The van der Waals surface area contributed by atoms with Crippen LogP contribution < -0.4 is 5.32 Å². The number of benzene rings is 2. The predicted molar refractivity (Wildman–Crippen MR) is 79.0 cm³/mol. The summed E-state index contributed by atoms with van der Waals surface area (Å²) in [6.45, 7) is -0.122. The fraction of sp³-hybridized carbons (Fsp3) is 0.143. The maximum Gasteiger partial charge on any atom is 0.141 e. The first-order valence-electron chi connectivity index (χ1n) is 5.68. The third kappa shape index (κ3) is 3.47. The van der Waals surface area contributed by atoms with Crippen LogP contribution in [0.1, 0.15) is 11.6 Å². The second-order valence-corrected chi connectivity index (χ2v) is 5.29. The Balaban J connectivity index is 2.25. The Kier molecular flexibility index (Phi) is 4.80. The zero-order valence-corrected chi connectivity index (χ0v) is 12.2. The van der Waals surface area contributed by atoms with Crippen LogP contribution in [0.3, 0.4) is 0 Å². The van der Waals surface area contributed by atoms with Gasteiger partial charge >= 0.3 is 0 Å². The van der Waals surface area contributed by atoms with Crippen molar-refractivity contribution in [1.82, 2.24) is 0 Å². The number of hydrogen-bond donors (Lipinski definition) is 2. The summed E-state index contributed by atoms with van der Waals surface area (Å²) in [6.07, 6.45) is 0. The average Bonchev–Trinajstić information content (AvgIpc) is 2.41. The van der Waals surface area contributed by atoms with Crippen LogP contribution in [0.5, 0.6) is 0 Å². The van der Waals surface area contributed by atoms with Gasteiger partial charge in [-0.05, 0) is 45.8 Å². The molecule has 0 amide bonds. The van der Waals surface area contributed by atoms with Gasteiger partial charge in [0.15, 0.2) is 0 Å². The number of hydrogen-bond acceptors (Lipinski definition) is 2. The molecule has 1 unspecified atom stereocenters. The second-order valence-electron chi connectivity index (χ2n) is 4.03. The van der Waals surface area contributed by atoms with E-state index in [1.54, 1.807) is 6.07 Å². The minimum atomic E-state index is -0.469. The van der Waals surface area contributed by atoms with Crippen molar-refractivity contribution in [2.75, 3.05) is 11.9 Å². The lowest BCUT2D eigenvalue weighted by Crippen LogP contribution is -2.15. The largest absolute Gasteiger partial charge is 0.394 e. The van der Waals surface area contributed by atoms with Gasteiger partial charge < -0.3 is 10.4 Å². The van der Waals surface area contributed by atoms with E-state index in [2.05, 4.69) is 21.2 Å². The van der Waals surface area contributed by atoms with Gasteiger partial charge in [0.2, 0.25) is 0 Å². The number of para-hydroxylation sites is 1. The van der Waals surface area contributed by atoms with E-state index in [-0.39, 0.29) is 17.7 Å². The normalized spacial score (nSPS) is 12.2. The molecular weight excluding hydrogens is 333 g/mol. The highest BCUT2D eigenvalue weighted by atomic mass is 79.9. The Hall–Kier alpha value is -1.10. The highest BCUT2D eigenvalue weighted by molar-refractivity contribution is 9.10. The fourth-order valence-corrected chi connectivity index (χ4v) is 2.32. The minimum absolute atomic E-state index is 0.0462. The molecule has 2 aromatic carbocycles. The Labute approximate surface area is 124 Å². The van der Waals surface area contributed by atoms with Crippen molar-refractivity contribution >= 4 is 33.2 Å². The van der Waals surface area contributed by atoms with Gasteiger partial charge in [-0.2, -0.15) is 0 Å². The van der Waals surface area contributed by atoms with Crippen molar-refractivity contribution in [2.24, 2.45) is 0 Å². The molecule has 0 aliphatic rings. The summed E-state index contributed by atoms with van der Waals surface area (Å²) >= 11 is 9.18. The standard InChI is InChI=1S/C14H12BrClFNO/c15-10-3-1-2-4-13(10)18-14(8-19)9-5-6-12(17)11(16)7-9/h1-7,14,18-19H,8H2. The molecule has 2 aromatic rings. The molecule has 2 nitrogen and oxygen atoms in total. The van der Waals surface area contributed by atoms with Gasteiger partial charge in [-0.15, -0.1) is 0 Å². The van der Waals surface area contributed by atoms with Gasteiger partial charge in [-0.1, -0.05) is 29.8 Å². The number of aliphatic hydroxyl groups is 1. The first kappa shape index (κ1) is 14.3. The summed E-state index contributed by atoms with van der Waals surface area (Å²) < 4.78 is 14.0. The minimum Gasteiger partial charge on any atom is -0.394 e. The van der Waals surface area contributed by atoms with Crippen molar-refractivity contribution in [3.8, 4) is 0 Å². The zero-order valence-electron chi connectivity index (χ0n) is 9.91. The van der Waals surface area contributed by atoms with E-state index in [1.165, 1.54) is 12.1 Å². The van der Waals surface area contributed by atoms with Crippen LogP contribution in [0, 0.1) is 5.82 Å². The summed E-state index contributed by atoms with van der Waals surface area (Å²) in [5.74, 6) is -0.469. The number of rotatable bonds is 4. The fourth-order valence-electron chi connectivity index (χ4n) is 1.73. The molecule has 0 aliphatic heterocycles. The Morgan fingerprint density at radius 2 is 2.00 bits per heavy atom. The van der Waals surface area contributed by atoms with Crippen molar-refractivity contribution in [3.05, 3.63) is 63.3 Å². The Morgan fingerprint density at radius 1 is 1.26 bits per heavy atom. The molecule has 5 heteroatoms. The Morgan fingerprint density at radius 3 is 2.63 bits per heavy atom. The summed E-state index contributed by atoms with van der Waals surface area (Å²) in [5, 5.41) is 12.7. The van der Waals surface area contributed by atoms with E-state index in [1.807, 2.05) is 24.3 Å².